The first-order valence-electron chi connectivity index (χ1n) is 7.76. The number of hydrogen-bond donors (Lipinski definition) is 0. The Morgan fingerprint density at radius 3 is 2.52 bits per heavy atom. The van der Waals surface area contributed by atoms with E-state index in [1.165, 1.54) is 0 Å². The molecule has 0 aromatic heterocycles. The molecule has 2 aliphatic heterocycles. The first kappa shape index (κ1) is 14.1. The van der Waals surface area contributed by atoms with Crippen LogP contribution in [0, 0.1) is 11.8 Å². The molecule has 3 rings (SSSR count). The molecule has 0 radical (unpaired) electrons. The average molecular weight is 286 g/mol. The van der Waals surface area contributed by atoms with Gasteiger partial charge in [-0.25, -0.2) is 0 Å². The van der Waals surface area contributed by atoms with Crippen molar-refractivity contribution in [2.24, 2.45) is 11.8 Å². The summed E-state index contributed by atoms with van der Waals surface area (Å²) >= 11 is 0. The Labute approximate surface area is 125 Å². The minimum atomic E-state index is 0.156. The van der Waals surface area contributed by atoms with E-state index in [1.807, 2.05) is 40.1 Å². The topological polar surface area (TPSA) is 40.6 Å². The van der Waals surface area contributed by atoms with Gasteiger partial charge in [0.25, 0.3) is 0 Å². The summed E-state index contributed by atoms with van der Waals surface area (Å²) in [5.74, 6) is 1.27. The fourth-order valence-electron chi connectivity index (χ4n) is 3.60. The van der Waals surface area contributed by atoms with Gasteiger partial charge in [-0.1, -0.05) is 18.2 Å². The number of piperidine rings is 1. The SMILES string of the molecule is CC(=O)N1CCC2CC(=O)N(c3ccccc3)CCC2C1. The second kappa shape index (κ2) is 5.88. The second-order valence-electron chi connectivity index (χ2n) is 6.15. The lowest BCUT2D eigenvalue weighted by Gasteiger charge is -2.36. The molecular formula is C17H22N2O2. The van der Waals surface area contributed by atoms with Crippen LogP contribution in [0.2, 0.25) is 0 Å². The molecule has 1 aromatic rings. The smallest absolute Gasteiger partial charge is 0.227 e. The summed E-state index contributed by atoms with van der Waals surface area (Å²) in [4.78, 5) is 27.9. The lowest BCUT2D eigenvalue weighted by molar-refractivity contribution is -0.131. The molecule has 4 heteroatoms. The first-order valence-corrected chi connectivity index (χ1v) is 7.76. The van der Waals surface area contributed by atoms with Gasteiger partial charge >= 0.3 is 0 Å². The molecule has 0 aliphatic carbocycles. The molecule has 4 nitrogen and oxygen atoms in total. The van der Waals surface area contributed by atoms with Crippen LogP contribution in [-0.2, 0) is 9.59 Å². The molecule has 0 saturated carbocycles. The average Bonchev–Trinajstić information content (AvgIpc) is 2.65. The summed E-state index contributed by atoms with van der Waals surface area (Å²) in [5.41, 5.74) is 0.990. The Kier molecular flexibility index (Phi) is 3.95. The van der Waals surface area contributed by atoms with Gasteiger partial charge < -0.3 is 9.80 Å². The Morgan fingerprint density at radius 1 is 1.10 bits per heavy atom. The second-order valence-corrected chi connectivity index (χ2v) is 6.15. The van der Waals surface area contributed by atoms with Crippen LogP contribution >= 0.6 is 0 Å². The molecular weight excluding hydrogens is 264 g/mol. The lowest BCUT2D eigenvalue weighted by Crippen LogP contribution is -2.42. The number of nitrogens with zero attached hydrogens (tertiary/aromatic N) is 2. The van der Waals surface area contributed by atoms with E-state index in [0.717, 1.165) is 38.2 Å². The number of anilines is 1. The van der Waals surface area contributed by atoms with E-state index >= 15 is 0 Å². The number of hydrogen-bond acceptors (Lipinski definition) is 2. The molecule has 1 aromatic carbocycles. The Morgan fingerprint density at radius 2 is 1.81 bits per heavy atom. The van der Waals surface area contributed by atoms with Crippen LogP contribution in [0.15, 0.2) is 30.3 Å². The molecule has 2 unspecified atom stereocenters. The highest BCUT2D eigenvalue weighted by Gasteiger charge is 2.35. The molecule has 2 aliphatic rings. The molecule has 0 spiro atoms. The maximum atomic E-state index is 12.5. The van der Waals surface area contributed by atoms with Crippen molar-refractivity contribution >= 4 is 17.5 Å². The summed E-state index contributed by atoms with van der Waals surface area (Å²) in [6.07, 6.45) is 2.55. The zero-order valence-corrected chi connectivity index (χ0v) is 12.5. The molecule has 2 atom stereocenters. The van der Waals surface area contributed by atoms with Crippen LogP contribution in [0.25, 0.3) is 0 Å². The molecule has 2 fully saturated rings. The fourth-order valence-corrected chi connectivity index (χ4v) is 3.60. The Bertz CT molecular complexity index is 529. The van der Waals surface area contributed by atoms with Gasteiger partial charge in [0.1, 0.15) is 0 Å². The van der Waals surface area contributed by atoms with Crippen LogP contribution in [0.1, 0.15) is 26.2 Å². The Balaban J connectivity index is 1.74. The van der Waals surface area contributed by atoms with Gasteiger partial charge in [0.2, 0.25) is 11.8 Å². The van der Waals surface area contributed by atoms with E-state index in [2.05, 4.69) is 0 Å². The number of para-hydroxylation sites is 1. The standard InChI is InChI=1S/C17H22N2O2/c1-13(20)18-9-7-14-11-17(21)19(10-8-15(14)12-18)16-5-3-2-4-6-16/h2-6,14-15H,7-12H2,1H3. The van der Waals surface area contributed by atoms with Crippen molar-refractivity contribution < 1.29 is 9.59 Å². The normalized spacial score (nSPS) is 26.2. The van der Waals surface area contributed by atoms with Crippen molar-refractivity contribution in [3.05, 3.63) is 30.3 Å². The molecule has 112 valence electrons. The quantitative estimate of drug-likeness (QED) is 0.795. The molecule has 21 heavy (non-hydrogen) atoms. The number of carbonyl (C=O) groups excluding carboxylic acids is 2. The van der Waals surface area contributed by atoms with E-state index in [4.69, 9.17) is 0 Å². The van der Waals surface area contributed by atoms with Crippen LogP contribution in [0.5, 0.6) is 0 Å². The third-order valence-corrected chi connectivity index (χ3v) is 4.87. The lowest BCUT2D eigenvalue weighted by atomic mass is 9.82. The number of benzene rings is 1. The van der Waals surface area contributed by atoms with Gasteiger partial charge in [0.15, 0.2) is 0 Å². The predicted molar refractivity (Wildman–Crippen MR) is 81.9 cm³/mol. The molecule has 0 N–H and O–H groups in total. The van der Waals surface area contributed by atoms with E-state index in [9.17, 15) is 9.59 Å². The third kappa shape index (κ3) is 2.94. The summed E-state index contributed by atoms with van der Waals surface area (Å²) in [5, 5.41) is 0. The van der Waals surface area contributed by atoms with Gasteiger partial charge in [-0.15, -0.1) is 0 Å². The summed E-state index contributed by atoms with van der Waals surface area (Å²) in [7, 11) is 0. The van der Waals surface area contributed by atoms with Gasteiger partial charge in [-0.2, -0.15) is 0 Å². The van der Waals surface area contributed by atoms with Gasteiger partial charge in [-0.05, 0) is 36.8 Å². The molecule has 2 heterocycles. The van der Waals surface area contributed by atoms with Crippen molar-refractivity contribution in [2.75, 3.05) is 24.5 Å². The zero-order chi connectivity index (χ0) is 14.8. The highest BCUT2D eigenvalue weighted by molar-refractivity contribution is 5.93. The van der Waals surface area contributed by atoms with E-state index in [1.54, 1.807) is 6.92 Å². The zero-order valence-electron chi connectivity index (χ0n) is 12.5. The molecule has 2 saturated heterocycles. The maximum Gasteiger partial charge on any atom is 0.227 e. The largest absolute Gasteiger partial charge is 0.343 e. The van der Waals surface area contributed by atoms with Crippen LogP contribution < -0.4 is 4.90 Å². The maximum absolute atomic E-state index is 12.5. The van der Waals surface area contributed by atoms with Crippen molar-refractivity contribution in [2.45, 2.75) is 26.2 Å². The van der Waals surface area contributed by atoms with E-state index in [0.29, 0.717) is 18.3 Å². The van der Waals surface area contributed by atoms with Crippen LogP contribution in [0.4, 0.5) is 5.69 Å². The number of carbonyl (C=O) groups is 2. The van der Waals surface area contributed by atoms with Crippen molar-refractivity contribution in [3.63, 3.8) is 0 Å². The number of likely N-dealkylation sites (tertiary alicyclic amines) is 1. The minimum Gasteiger partial charge on any atom is -0.343 e. The summed E-state index contributed by atoms with van der Waals surface area (Å²) in [6, 6.07) is 9.90. The Hall–Kier alpha value is -1.84. The monoisotopic (exact) mass is 286 g/mol. The van der Waals surface area contributed by atoms with Gasteiger partial charge in [0.05, 0.1) is 0 Å². The minimum absolute atomic E-state index is 0.156. The number of fused-ring (bicyclic) bond motifs is 1. The summed E-state index contributed by atoms with van der Waals surface area (Å²) < 4.78 is 0. The van der Waals surface area contributed by atoms with Crippen LogP contribution in [0.3, 0.4) is 0 Å². The van der Waals surface area contributed by atoms with Crippen molar-refractivity contribution in [1.82, 2.24) is 4.90 Å². The van der Waals surface area contributed by atoms with Gasteiger partial charge in [-0.3, -0.25) is 9.59 Å². The molecule has 0 bridgehead atoms. The molecule has 2 amide bonds. The van der Waals surface area contributed by atoms with Crippen LogP contribution in [-0.4, -0.2) is 36.3 Å². The highest BCUT2D eigenvalue weighted by Crippen LogP contribution is 2.33. The number of amides is 2. The van der Waals surface area contributed by atoms with E-state index < -0.39 is 0 Å². The van der Waals surface area contributed by atoms with Gasteiger partial charge in [0, 0.05) is 38.7 Å². The van der Waals surface area contributed by atoms with Crippen molar-refractivity contribution in [1.29, 1.82) is 0 Å². The van der Waals surface area contributed by atoms with Crippen molar-refractivity contribution in [3.8, 4) is 0 Å². The fraction of sp³-hybridized carbons (Fsp3) is 0.529. The number of rotatable bonds is 1. The highest BCUT2D eigenvalue weighted by atomic mass is 16.2. The van der Waals surface area contributed by atoms with E-state index in [-0.39, 0.29) is 11.8 Å². The summed E-state index contributed by atoms with van der Waals surface area (Å²) in [6.45, 7) is 4.01. The third-order valence-electron chi connectivity index (χ3n) is 4.87. The first-order chi connectivity index (χ1) is 10.1. The predicted octanol–water partition coefficient (Wildman–Crippen LogP) is 2.30.